The zero-order chi connectivity index (χ0) is 46.6. The molecule has 0 N–H and O–H groups in total. The molecular formula is C45H98N3O9Si6. The van der Waals surface area contributed by atoms with Crippen LogP contribution in [0.5, 0.6) is 0 Å². The van der Waals surface area contributed by atoms with E-state index in [2.05, 4.69) is 93.3 Å². The summed E-state index contributed by atoms with van der Waals surface area (Å²) in [7, 11) is -1.43. The van der Waals surface area contributed by atoms with Crippen LogP contribution in [0, 0.1) is 0 Å². The molecule has 63 heavy (non-hydrogen) atoms. The van der Waals surface area contributed by atoms with Gasteiger partial charge in [-0.25, -0.2) is 0 Å². The van der Waals surface area contributed by atoms with Crippen LogP contribution in [0.4, 0.5) is 0 Å². The first-order valence-electron chi connectivity index (χ1n) is 24.7. The van der Waals surface area contributed by atoms with Crippen LogP contribution in [-0.4, -0.2) is 221 Å². The van der Waals surface area contributed by atoms with Crippen molar-refractivity contribution in [1.82, 2.24) is 14.7 Å². The summed E-state index contributed by atoms with van der Waals surface area (Å²) in [6.45, 7) is 39.9. The molecule has 371 valence electrons. The summed E-state index contributed by atoms with van der Waals surface area (Å²) in [5.41, 5.74) is 1.09. The van der Waals surface area contributed by atoms with Crippen molar-refractivity contribution in [3.8, 4) is 0 Å². The summed E-state index contributed by atoms with van der Waals surface area (Å²) >= 11 is 0. The molecule has 0 aromatic rings. The molecule has 0 spiro atoms. The lowest BCUT2D eigenvalue weighted by Crippen LogP contribution is -2.49. The minimum atomic E-state index is -1.84. The van der Waals surface area contributed by atoms with E-state index >= 15 is 0 Å². The maximum atomic E-state index is 6.99. The van der Waals surface area contributed by atoms with Crippen LogP contribution in [0.1, 0.15) is 38.5 Å². The lowest BCUT2D eigenvalue weighted by molar-refractivity contribution is -0.0986. The molecule has 0 bridgehead atoms. The van der Waals surface area contributed by atoms with E-state index in [4.69, 9.17) is 41.7 Å². The third-order valence-corrected chi connectivity index (χ3v) is 26.3. The molecule has 12 nitrogen and oxygen atoms in total. The standard InChI is InChI=1S/C45H98N3O9Si6/c1-49-43(58(4)5)19-25-46-22-16-28-61(10,11)55-39(31-46)34-52-36-42(54-38-41-33-48(24-18-30-63(14,15)57-41)27-21-45(51-3)60(8)9)37-53-35-40-32-47(23-17-29-62(12,13)56-40)26-20-44(50-2)59(6)7/h39-45H,16-38H2,1-15H3. The third-order valence-electron chi connectivity index (χ3n) is 13.2. The molecule has 3 aliphatic heterocycles. The van der Waals surface area contributed by atoms with Crippen molar-refractivity contribution in [2.24, 2.45) is 0 Å². The maximum absolute atomic E-state index is 6.99. The first-order valence-corrected chi connectivity index (χ1v) is 41.8. The van der Waals surface area contributed by atoms with Gasteiger partial charge >= 0.3 is 0 Å². The van der Waals surface area contributed by atoms with Gasteiger partial charge in [0.2, 0.25) is 0 Å². The fourth-order valence-electron chi connectivity index (χ4n) is 9.71. The Morgan fingerprint density at radius 1 is 0.492 bits per heavy atom. The zero-order valence-electron chi connectivity index (χ0n) is 43.3. The number of hydrogen-bond donors (Lipinski definition) is 0. The molecular weight excluding hydrogens is 895 g/mol. The van der Waals surface area contributed by atoms with E-state index in [1.807, 2.05) is 21.3 Å². The minimum absolute atomic E-state index is 0.0000990. The molecule has 0 saturated carbocycles. The SMILES string of the molecule is COC(CCN1CCC[Si](C)(C)OC(COCC(COCC2CN(CCC(OC)[Si](C)C)CCC[Si](C)(C)O2)OCC2CN(CCC(OC)[Si](C)C)CCC[Si](C)(C)O2)C1)[Si](C)C. The number of ether oxygens (including phenoxy) is 6. The van der Waals surface area contributed by atoms with Crippen LogP contribution >= 0.6 is 0 Å². The van der Waals surface area contributed by atoms with Gasteiger partial charge in [0, 0.05) is 77.8 Å². The molecule has 3 radical (unpaired) electrons. The van der Waals surface area contributed by atoms with Gasteiger partial charge in [-0.3, -0.25) is 0 Å². The molecule has 0 amide bonds. The summed E-state index contributed by atoms with van der Waals surface area (Å²) in [6.07, 6.45) is 6.58. The predicted octanol–water partition coefficient (Wildman–Crippen LogP) is 7.39. The summed E-state index contributed by atoms with van der Waals surface area (Å²) < 4.78 is 58.8. The second-order valence-electron chi connectivity index (χ2n) is 21.5. The smallest absolute Gasteiger partial charge is 0.187 e. The fraction of sp³-hybridized carbons (Fsp3) is 1.00. The van der Waals surface area contributed by atoms with Gasteiger partial charge in [-0.2, -0.15) is 0 Å². The van der Waals surface area contributed by atoms with Gasteiger partial charge in [0.05, 0.1) is 77.7 Å². The zero-order valence-corrected chi connectivity index (χ0v) is 49.3. The van der Waals surface area contributed by atoms with Crippen molar-refractivity contribution >= 4 is 51.3 Å². The Bertz CT molecular complexity index is 1160. The van der Waals surface area contributed by atoms with Gasteiger partial charge < -0.3 is 56.4 Å². The Labute approximate surface area is 396 Å². The van der Waals surface area contributed by atoms with E-state index in [0.29, 0.717) is 50.2 Å². The molecule has 0 aliphatic carbocycles. The van der Waals surface area contributed by atoms with Crippen molar-refractivity contribution in [2.75, 3.05) is 113 Å². The average molecular weight is 994 g/mol. The highest BCUT2D eigenvalue weighted by Crippen LogP contribution is 2.25. The van der Waals surface area contributed by atoms with Crippen LogP contribution in [0.2, 0.25) is 96.7 Å². The summed E-state index contributed by atoms with van der Waals surface area (Å²) in [5, 5.41) is 0. The lowest BCUT2D eigenvalue weighted by Gasteiger charge is -2.38. The fourth-order valence-corrected chi connectivity index (χ4v) is 19.8. The van der Waals surface area contributed by atoms with E-state index in [9.17, 15) is 0 Å². The van der Waals surface area contributed by atoms with Crippen LogP contribution in [0.15, 0.2) is 0 Å². The Morgan fingerprint density at radius 2 is 0.794 bits per heavy atom. The molecule has 3 aliphatic rings. The van der Waals surface area contributed by atoms with Crippen LogP contribution in [0.3, 0.4) is 0 Å². The summed E-state index contributed by atoms with van der Waals surface area (Å²) in [6, 6.07) is 3.49. The van der Waals surface area contributed by atoms with Crippen LogP contribution < -0.4 is 0 Å². The molecule has 18 heteroatoms. The van der Waals surface area contributed by atoms with Crippen molar-refractivity contribution in [3.63, 3.8) is 0 Å². The number of hydrogen-bond acceptors (Lipinski definition) is 12. The monoisotopic (exact) mass is 993 g/mol. The normalized spacial score (nSPS) is 26.7. The molecule has 3 fully saturated rings. The molecule has 6 atom stereocenters. The Balaban J connectivity index is 1.74. The van der Waals surface area contributed by atoms with Crippen LogP contribution in [-0.2, 0) is 41.7 Å². The number of nitrogens with zero attached hydrogens (tertiary/aromatic N) is 3. The van der Waals surface area contributed by atoms with Gasteiger partial charge in [0.1, 0.15) is 6.10 Å². The van der Waals surface area contributed by atoms with Gasteiger partial charge in [-0.05, 0) is 116 Å². The molecule has 0 aromatic carbocycles. The average Bonchev–Trinajstić information content (AvgIpc) is 3.16. The van der Waals surface area contributed by atoms with E-state index in [-0.39, 0.29) is 24.4 Å². The Morgan fingerprint density at radius 3 is 1.08 bits per heavy atom. The molecule has 0 aromatic heterocycles. The molecule has 3 rings (SSSR count). The first-order chi connectivity index (χ1) is 29.7. The lowest BCUT2D eigenvalue weighted by atomic mass is 10.2. The summed E-state index contributed by atoms with van der Waals surface area (Å²) in [4.78, 5) is 7.78. The topological polar surface area (TPSA) is 92.8 Å². The van der Waals surface area contributed by atoms with Crippen molar-refractivity contribution in [2.45, 2.75) is 177 Å². The van der Waals surface area contributed by atoms with E-state index in [0.717, 1.165) is 84.2 Å². The number of rotatable bonds is 26. The van der Waals surface area contributed by atoms with E-state index in [1.54, 1.807) is 0 Å². The Kier molecular flexibility index (Phi) is 27.5. The van der Waals surface area contributed by atoms with Crippen molar-refractivity contribution in [3.05, 3.63) is 0 Å². The highest BCUT2D eigenvalue weighted by Gasteiger charge is 2.35. The first kappa shape index (κ1) is 58.1. The second kappa shape index (κ2) is 29.8. The van der Waals surface area contributed by atoms with Crippen molar-refractivity contribution in [1.29, 1.82) is 0 Å². The highest BCUT2D eigenvalue weighted by atomic mass is 28.4. The Hall–Kier alpha value is 0.821. The minimum Gasteiger partial charge on any atom is -0.411 e. The van der Waals surface area contributed by atoms with Gasteiger partial charge in [-0.15, -0.1) is 0 Å². The predicted molar refractivity (Wildman–Crippen MR) is 275 cm³/mol. The van der Waals surface area contributed by atoms with Gasteiger partial charge in [-0.1, -0.05) is 39.3 Å². The van der Waals surface area contributed by atoms with Crippen LogP contribution in [0.25, 0.3) is 0 Å². The van der Waals surface area contributed by atoms with Crippen molar-refractivity contribution < 1.29 is 41.7 Å². The van der Waals surface area contributed by atoms with Gasteiger partial charge in [0.25, 0.3) is 0 Å². The second-order valence-corrected chi connectivity index (χ2v) is 42.7. The maximum Gasteiger partial charge on any atom is 0.187 e. The summed E-state index contributed by atoms with van der Waals surface area (Å²) in [5.74, 6) is 0. The molecule has 3 saturated heterocycles. The molecule has 3 heterocycles. The van der Waals surface area contributed by atoms with E-state index in [1.165, 1.54) is 31.4 Å². The molecule has 6 unspecified atom stereocenters. The quantitative estimate of drug-likeness (QED) is 0.0811. The largest absolute Gasteiger partial charge is 0.411 e. The van der Waals surface area contributed by atoms with Gasteiger partial charge in [0.15, 0.2) is 25.0 Å². The van der Waals surface area contributed by atoms with E-state index < -0.39 is 51.3 Å². The highest BCUT2D eigenvalue weighted by molar-refractivity contribution is 6.72. The number of methoxy groups -OCH3 is 3. The third kappa shape index (κ3) is 23.8.